The van der Waals surface area contributed by atoms with Gasteiger partial charge in [0.25, 0.3) is 10.0 Å². The smallest absolute Gasteiger partial charge is 0.269 e. The summed E-state index contributed by atoms with van der Waals surface area (Å²) in [5, 5.41) is 0.782. The molecule has 0 N–H and O–H groups in total. The Morgan fingerprint density at radius 3 is 2.56 bits per heavy atom. The molecule has 164 valence electrons. The maximum absolute atomic E-state index is 13.3. The van der Waals surface area contributed by atoms with Gasteiger partial charge < -0.3 is 9.47 Å². The van der Waals surface area contributed by atoms with E-state index < -0.39 is 10.0 Å². The maximum atomic E-state index is 13.3. The zero-order chi connectivity index (χ0) is 22.1. The molecule has 4 aromatic rings. The Balaban J connectivity index is 1.56. The summed E-state index contributed by atoms with van der Waals surface area (Å²) < 4.78 is 39.5. The van der Waals surface area contributed by atoms with Crippen LogP contribution in [0.2, 0.25) is 0 Å². The molecule has 0 radical (unpaired) electrons. The highest BCUT2D eigenvalue weighted by Gasteiger charge is 2.23. The van der Waals surface area contributed by atoms with Crippen LogP contribution in [-0.2, 0) is 14.8 Å². The number of aryl methyl sites for hydroxylation is 1. The first-order valence-electron chi connectivity index (χ1n) is 10.7. The fraction of sp³-hybridized carbons (Fsp3) is 0.240. The third-order valence-electron chi connectivity index (χ3n) is 5.78. The van der Waals surface area contributed by atoms with Crippen LogP contribution >= 0.6 is 0 Å². The van der Waals surface area contributed by atoms with Crippen molar-refractivity contribution in [3.05, 3.63) is 78.6 Å². The largest absolute Gasteiger partial charge is 0.490 e. The number of hydrogen-bond acceptors (Lipinski definition) is 5. The normalized spacial score (nSPS) is 15.2. The van der Waals surface area contributed by atoms with E-state index in [2.05, 4.69) is 4.98 Å². The van der Waals surface area contributed by atoms with Gasteiger partial charge in [0.1, 0.15) is 11.9 Å². The molecular formula is C25H24N2O4S. The molecule has 0 amide bonds. The van der Waals surface area contributed by atoms with Crippen LogP contribution in [0.15, 0.2) is 78.0 Å². The number of nitrogens with zero attached hydrogens (tertiary/aromatic N) is 2. The van der Waals surface area contributed by atoms with Crippen LogP contribution in [0, 0.1) is 6.92 Å². The second kappa shape index (κ2) is 8.41. The van der Waals surface area contributed by atoms with Crippen molar-refractivity contribution < 1.29 is 17.9 Å². The highest BCUT2D eigenvalue weighted by atomic mass is 32.2. The average molecular weight is 449 g/mol. The van der Waals surface area contributed by atoms with Gasteiger partial charge in [-0.15, -0.1) is 0 Å². The molecule has 1 saturated heterocycles. The lowest BCUT2D eigenvalue weighted by Gasteiger charge is -2.24. The van der Waals surface area contributed by atoms with Gasteiger partial charge in [0.2, 0.25) is 0 Å². The molecule has 0 atom stereocenters. The highest BCUT2D eigenvalue weighted by Crippen LogP contribution is 2.34. The molecule has 0 unspecified atom stereocenters. The number of ether oxygens (including phenoxy) is 2. The van der Waals surface area contributed by atoms with E-state index in [0.717, 1.165) is 53.9 Å². The standard InChI is InChI=1S/C25H24N2O4S/c1-18-16-19(9-10-24(18)31-20-11-14-30-15-12-20)23-17-27(25-22(23)8-5-13-26-25)32(28,29)21-6-3-2-4-7-21/h2-10,13,16-17,20H,11-12,14-15H2,1H3. The quantitative estimate of drug-likeness (QED) is 0.438. The summed E-state index contributed by atoms with van der Waals surface area (Å²) in [7, 11) is -3.77. The first kappa shape index (κ1) is 20.7. The molecule has 0 bridgehead atoms. The number of fused-ring (bicyclic) bond motifs is 1. The van der Waals surface area contributed by atoms with Crippen molar-refractivity contribution in [2.75, 3.05) is 13.2 Å². The van der Waals surface area contributed by atoms with Crippen molar-refractivity contribution in [1.29, 1.82) is 0 Å². The second-order valence-corrected chi connectivity index (χ2v) is 9.76. The molecule has 1 aliphatic heterocycles. The molecule has 0 saturated carbocycles. The van der Waals surface area contributed by atoms with E-state index in [-0.39, 0.29) is 11.0 Å². The molecule has 32 heavy (non-hydrogen) atoms. The van der Waals surface area contributed by atoms with Crippen LogP contribution in [0.5, 0.6) is 5.75 Å². The van der Waals surface area contributed by atoms with Crippen molar-refractivity contribution in [2.45, 2.75) is 30.8 Å². The van der Waals surface area contributed by atoms with Crippen molar-refractivity contribution in [3.63, 3.8) is 0 Å². The van der Waals surface area contributed by atoms with Crippen LogP contribution in [0.1, 0.15) is 18.4 Å². The van der Waals surface area contributed by atoms with Crippen molar-refractivity contribution in [3.8, 4) is 16.9 Å². The van der Waals surface area contributed by atoms with E-state index in [1.54, 1.807) is 42.7 Å². The first-order valence-corrected chi connectivity index (χ1v) is 12.1. The van der Waals surface area contributed by atoms with E-state index in [4.69, 9.17) is 9.47 Å². The monoisotopic (exact) mass is 448 g/mol. The van der Waals surface area contributed by atoms with Crippen molar-refractivity contribution in [1.82, 2.24) is 8.96 Å². The van der Waals surface area contributed by atoms with E-state index in [1.807, 2.05) is 37.3 Å². The third-order valence-corrected chi connectivity index (χ3v) is 7.44. The lowest BCUT2D eigenvalue weighted by Crippen LogP contribution is -2.26. The highest BCUT2D eigenvalue weighted by molar-refractivity contribution is 7.90. The average Bonchev–Trinajstić information content (AvgIpc) is 3.22. The van der Waals surface area contributed by atoms with Gasteiger partial charge in [0, 0.05) is 36.2 Å². The van der Waals surface area contributed by atoms with Crippen molar-refractivity contribution >= 4 is 21.1 Å². The second-order valence-electron chi connectivity index (χ2n) is 7.94. The number of hydrogen-bond donors (Lipinski definition) is 0. The summed E-state index contributed by atoms with van der Waals surface area (Å²) in [4.78, 5) is 4.61. The molecule has 6 nitrogen and oxygen atoms in total. The van der Waals surface area contributed by atoms with Gasteiger partial charge in [0.15, 0.2) is 5.65 Å². The minimum absolute atomic E-state index is 0.162. The van der Waals surface area contributed by atoms with E-state index in [0.29, 0.717) is 5.65 Å². The minimum atomic E-state index is -3.77. The molecular weight excluding hydrogens is 424 g/mol. The Kier molecular flexibility index (Phi) is 5.45. The van der Waals surface area contributed by atoms with Crippen LogP contribution in [0.25, 0.3) is 22.2 Å². The SMILES string of the molecule is Cc1cc(-c2cn(S(=O)(=O)c3ccccc3)c3ncccc23)ccc1OC1CCOCC1. The van der Waals surface area contributed by atoms with Crippen LogP contribution in [-0.4, -0.2) is 36.7 Å². The van der Waals surface area contributed by atoms with Gasteiger partial charge >= 0.3 is 0 Å². The Morgan fingerprint density at radius 1 is 1.03 bits per heavy atom. The fourth-order valence-electron chi connectivity index (χ4n) is 4.07. The number of aromatic nitrogens is 2. The Bertz CT molecular complexity index is 1360. The lowest BCUT2D eigenvalue weighted by molar-refractivity contribution is 0.0253. The van der Waals surface area contributed by atoms with Gasteiger partial charge in [-0.2, -0.15) is 0 Å². The maximum Gasteiger partial charge on any atom is 0.269 e. The van der Waals surface area contributed by atoms with Gasteiger partial charge in [-0.05, 0) is 54.4 Å². The van der Waals surface area contributed by atoms with Gasteiger partial charge in [0.05, 0.1) is 18.1 Å². The third kappa shape index (κ3) is 3.78. The molecule has 2 aromatic heterocycles. The van der Waals surface area contributed by atoms with E-state index in [9.17, 15) is 8.42 Å². The summed E-state index contributed by atoms with van der Waals surface area (Å²) in [5.41, 5.74) is 3.14. The number of pyridine rings is 1. The molecule has 2 aromatic carbocycles. The number of rotatable bonds is 5. The van der Waals surface area contributed by atoms with Gasteiger partial charge in [-0.25, -0.2) is 17.4 Å². The van der Waals surface area contributed by atoms with E-state index in [1.165, 1.54) is 3.97 Å². The van der Waals surface area contributed by atoms with Crippen LogP contribution < -0.4 is 4.74 Å². The summed E-state index contributed by atoms with van der Waals surface area (Å²) >= 11 is 0. The topological polar surface area (TPSA) is 70.4 Å². The zero-order valence-electron chi connectivity index (χ0n) is 17.8. The predicted octanol–water partition coefficient (Wildman–Crippen LogP) is 4.81. The van der Waals surface area contributed by atoms with E-state index >= 15 is 0 Å². The lowest BCUT2D eigenvalue weighted by atomic mass is 10.0. The molecule has 0 aliphatic carbocycles. The van der Waals surface area contributed by atoms with Crippen LogP contribution in [0.3, 0.4) is 0 Å². The summed E-state index contributed by atoms with van der Waals surface area (Å²) in [6.07, 6.45) is 5.21. The molecule has 7 heteroatoms. The fourth-order valence-corrected chi connectivity index (χ4v) is 5.42. The first-order chi connectivity index (χ1) is 15.5. The summed E-state index contributed by atoms with van der Waals surface area (Å²) in [5.74, 6) is 0.847. The van der Waals surface area contributed by atoms with Gasteiger partial charge in [-0.3, -0.25) is 0 Å². The molecule has 1 fully saturated rings. The van der Waals surface area contributed by atoms with Gasteiger partial charge in [-0.1, -0.05) is 24.3 Å². The predicted molar refractivity (Wildman–Crippen MR) is 123 cm³/mol. The Morgan fingerprint density at radius 2 is 1.81 bits per heavy atom. The van der Waals surface area contributed by atoms with Crippen LogP contribution in [0.4, 0.5) is 0 Å². The molecule has 1 aliphatic rings. The number of benzene rings is 2. The Labute approximate surface area is 187 Å². The Hall–Kier alpha value is -3.16. The van der Waals surface area contributed by atoms with Crippen molar-refractivity contribution in [2.24, 2.45) is 0 Å². The summed E-state index contributed by atoms with van der Waals surface area (Å²) in [6.45, 7) is 3.46. The zero-order valence-corrected chi connectivity index (χ0v) is 18.6. The molecule has 0 spiro atoms. The minimum Gasteiger partial charge on any atom is -0.490 e. The molecule has 5 rings (SSSR count). The molecule has 3 heterocycles. The summed E-state index contributed by atoms with van der Waals surface area (Å²) in [6, 6.07) is 18.1.